The Hall–Kier alpha value is -1.75. The Labute approximate surface area is 133 Å². The number of rotatable bonds is 9. The minimum Gasteiger partial charge on any atom is -0.490 e. The molecule has 5 nitrogen and oxygen atoms in total. The smallest absolute Gasteiger partial charge is 0.226 e. The molecule has 22 heavy (non-hydrogen) atoms. The lowest BCUT2D eigenvalue weighted by Crippen LogP contribution is -2.42. The molecule has 0 aliphatic carbocycles. The number of benzene rings is 1. The Morgan fingerprint density at radius 1 is 1.18 bits per heavy atom. The fraction of sp³-hybridized carbons (Fsp3) is 0.588. The van der Waals surface area contributed by atoms with Crippen LogP contribution >= 0.6 is 0 Å². The summed E-state index contributed by atoms with van der Waals surface area (Å²) in [4.78, 5) is 12.0. The SMILES string of the molecule is CCOc1ccc(CCNC(=O)C(C)(C)CN)cc1OCC. The van der Waals surface area contributed by atoms with E-state index in [-0.39, 0.29) is 5.91 Å². The molecule has 0 radical (unpaired) electrons. The molecule has 1 rings (SSSR count). The second-order valence-corrected chi connectivity index (χ2v) is 5.74. The topological polar surface area (TPSA) is 73.6 Å². The first-order valence-corrected chi connectivity index (χ1v) is 7.81. The van der Waals surface area contributed by atoms with E-state index in [1.165, 1.54) is 0 Å². The van der Waals surface area contributed by atoms with E-state index in [1.807, 2.05) is 45.9 Å². The van der Waals surface area contributed by atoms with Crippen molar-refractivity contribution in [1.82, 2.24) is 5.32 Å². The highest BCUT2D eigenvalue weighted by Crippen LogP contribution is 2.28. The summed E-state index contributed by atoms with van der Waals surface area (Å²) in [6, 6.07) is 5.87. The standard InChI is InChI=1S/C17H28N2O3/c1-5-21-14-8-7-13(11-15(14)22-6-2)9-10-19-16(20)17(3,4)12-18/h7-8,11H,5-6,9-10,12,18H2,1-4H3,(H,19,20). The number of ether oxygens (including phenoxy) is 2. The van der Waals surface area contributed by atoms with E-state index in [4.69, 9.17) is 15.2 Å². The van der Waals surface area contributed by atoms with Gasteiger partial charge < -0.3 is 20.5 Å². The number of hydrogen-bond acceptors (Lipinski definition) is 4. The van der Waals surface area contributed by atoms with Gasteiger partial charge >= 0.3 is 0 Å². The van der Waals surface area contributed by atoms with Gasteiger partial charge in [0.1, 0.15) is 0 Å². The van der Waals surface area contributed by atoms with Crippen molar-refractivity contribution in [3.63, 3.8) is 0 Å². The number of nitrogens with two attached hydrogens (primary N) is 1. The third-order valence-electron chi connectivity index (χ3n) is 3.43. The molecular weight excluding hydrogens is 280 g/mol. The van der Waals surface area contributed by atoms with E-state index in [1.54, 1.807) is 0 Å². The zero-order valence-corrected chi connectivity index (χ0v) is 14.1. The van der Waals surface area contributed by atoms with E-state index in [2.05, 4.69) is 5.32 Å². The van der Waals surface area contributed by atoms with Crippen LogP contribution in [0.4, 0.5) is 0 Å². The molecule has 0 aromatic heterocycles. The molecule has 5 heteroatoms. The van der Waals surface area contributed by atoms with Gasteiger partial charge in [-0.1, -0.05) is 6.07 Å². The highest BCUT2D eigenvalue weighted by molar-refractivity contribution is 5.82. The molecular formula is C17H28N2O3. The monoisotopic (exact) mass is 308 g/mol. The van der Waals surface area contributed by atoms with Crippen LogP contribution in [0.5, 0.6) is 11.5 Å². The fourth-order valence-electron chi connectivity index (χ4n) is 1.90. The molecule has 0 saturated carbocycles. The molecule has 0 aliphatic rings. The van der Waals surface area contributed by atoms with Crippen LogP contribution in [0.25, 0.3) is 0 Å². The number of nitrogens with one attached hydrogen (secondary N) is 1. The molecule has 0 saturated heterocycles. The molecule has 124 valence electrons. The molecule has 1 aromatic carbocycles. The summed E-state index contributed by atoms with van der Waals surface area (Å²) in [7, 11) is 0. The zero-order chi connectivity index (χ0) is 16.6. The second-order valence-electron chi connectivity index (χ2n) is 5.74. The molecule has 0 heterocycles. The van der Waals surface area contributed by atoms with Crippen molar-refractivity contribution >= 4 is 5.91 Å². The average molecular weight is 308 g/mol. The van der Waals surface area contributed by atoms with Crippen LogP contribution in [-0.2, 0) is 11.2 Å². The minimum atomic E-state index is -0.532. The van der Waals surface area contributed by atoms with Crippen LogP contribution < -0.4 is 20.5 Å². The van der Waals surface area contributed by atoms with Gasteiger partial charge in [0.2, 0.25) is 5.91 Å². The lowest BCUT2D eigenvalue weighted by atomic mass is 9.92. The lowest BCUT2D eigenvalue weighted by Gasteiger charge is -2.21. The summed E-state index contributed by atoms with van der Waals surface area (Å²) in [6.45, 7) is 9.65. The molecule has 0 spiro atoms. The lowest BCUT2D eigenvalue weighted by molar-refractivity contribution is -0.128. The van der Waals surface area contributed by atoms with E-state index < -0.39 is 5.41 Å². The summed E-state index contributed by atoms with van der Waals surface area (Å²) in [5.74, 6) is 1.47. The third kappa shape index (κ3) is 5.22. The summed E-state index contributed by atoms with van der Waals surface area (Å²) in [5, 5.41) is 2.92. The zero-order valence-electron chi connectivity index (χ0n) is 14.1. The largest absolute Gasteiger partial charge is 0.490 e. The minimum absolute atomic E-state index is 0.0223. The van der Waals surface area contributed by atoms with E-state index in [0.717, 1.165) is 23.5 Å². The number of hydrogen-bond donors (Lipinski definition) is 2. The number of carbonyl (C=O) groups excluding carboxylic acids is 1. The van der Waals surface area contributed by atoms with Crippen molar-refractivity contribution in [3.8, 4) is 11.5 Å². The normalized spacial score (nSPS) is 11.1. The van der Waals surface area contributed by atoms with Gasteiger partial charge in [0.05, 0.1) is 18.6 Å². The number of carbonyl (C=O) groups is 1. The van der Waals surface area contributed by atoms with Gasteiger partial charge in [-0.2, -0.15) is 0 Å². The first-order chi connectivity index (χ1) is 10.4. The van der Waals surface area contributed by atoms with Crippen molar-refractivity contribution in [2.75, 3.05) is 26.3 Å². The Kier molecular flexibility index (Phi) is 7.18. The molecule has 3 N–H and O–H groups in total. The Morgan fingerprint density at radius 3 is 2.41 bits per heavy atom. The van der Waals surface area contributed by atoms with Crippen molar-refractivity contribution < 1.29 is 14.3 Å². The molecule has 0 bridgehead atoms. The van der Waals surface area contributed by atoms with Gasteiger partial charge in [-0.25, -0.2) is 0 Å². The van der Waals surface area contributed by atoms with Gasteiger partial charge in [-0.3, -0.25) is 4.79 Å². The van der Waals surface area contributed by atoms with Crippen LogP contribution in [0.1, 0.15) is 33.3 Å². The van der Waals surface area contributed by atoms with Crippen molar-refractivity contribution in [3.05, 3.63) is 23.8 Å². The Balaban J connectivity index is 2.63. The average Bonchev–Trinajstić information content (AvgIpc) is 2.50. The summed E-state index contributed by atoms with van der Waals surface area (Å²) in [6.07, 6.45) is 0.735. The van der Waals surface area contributed by atoms with Crippen molar-refractivity contribution in [2.24, 2.45) is 11.1 Å². The highest BCUT2D eigenvalue weighted by Gasteiger charge is 2.25. The van der Waals surface area contributed by atoms with E-state index in [0.29, 0.717) is 26.3 Å². The maximum absolute atomic E-state index is 12.0. The predicted octanol–water partition coefficient (Wildman–Crippen LogP) is 2.13. The second kappa shape index (κ2) is 8.63. The first kappa shape index (κ1) is 18.3. The maximum Gasteiger partial charge on any atom is 0.226 e. The van der Waals surface area contributed by atoms with Gasteiger partial charge in [-0.15, -0.1) is 0 Å². The maximum atomic E-state index is 12.0. The van der Waals surface area contributed by atoms with E-state index >= 15 is 0 Å². The predicted molar refractivity (Wildman–Crippen MR) is 88.3 cm³/mol. The van der Waals surface area contributed by atoms with Crippen molar-refractivity contribution in [1.29, 1.82) is 0 Å². The van der Waals surface area contributed by atoms with Crippen LogP contribution in [0, 0.1) is 5.41 Å². The van der Waals surface area contributed by atoms with Crippen molar-refractivity contribution in [2.45, 2.75) is 34.1 Å². The van der Waals surface area contributed by atoms with Crippen LogP contribution in [-0.4, -0.2) is 32.2 Å². The van der Waals surface area contributed by atoms with Crippen LogP contribution in [0.15, 0.2) is 18.2 Å². The molecule has 1 amide bonds. The highest BCUT2D eigenvalue weighted by atomic mass is 16.5. The quantitative estimate of drug-likeness (QED) is 0.733. The summed E-state index contributed by atoms with van der Waals surface area (Å²) >= 11 is 0. The molecule has 0 unspecified atom stereocenters. The third-order valence-corrected chi connectivity index (χ3v) is 3.43. The van der Waals surface area contributed by atoms with Crippen LogP contribution in [0.2, 0.25) is 0 Å². The summed E-state index contributed by atoms with van der Waals surface area (Å²) < 4.78 is 11.1. The summed E-state index contributed by atoms with van der Waals surface area (Å²) in [5.41, 5.74) is 6.16. The van der Waals surface area contributed by atoms with Gasteiger partial charge in [0.15, 0.2) is 11.5 Å². The molecule has 1 aromatic rings. The van der Waals surface area contributed by atoms with Gasteiger partial charge in [0, 0.05) is 13.1 Å². The Morgan fingerprint density at radius 2 is 1.82 bits per heavy atom. The van der Waals surface area contributed by atoms with Gasteiger partial charge in [-0.05, 0) is 51.8 Å². The van der Waals surface area contributed by atoms with E-state index in [9.17, 15) is 4.79 Å². The fourth-order valence-corrected chi connectivity index (χ4v) is 1.90. The molecule has 0 atom stereocenters. The molecule has 0 aliphatic heterocycles. The first-order valence-electron chi connectivity index (χ1n) is 7.81. The number of amides is 1. The van der Waals surface area contributed by atoms with Crippen LogP contribution in [0.3, 0.4) is 0 Å². The molecule has 0 fully saturated rings. The van der Waals surface area contributed by atoms with Gasteiger partial charge in [0.25, 0.3) is 0 Å². The Bertz CT molecular complexity index is 487.